The van der Waals surface area contributed by atoms with Gasteiger partial charge in [-0.3, -0.25) is 0 Å². The fourth-order valence-electron chi connectivity index (χ4n) is 3.03. The second-order valence-corrected chi connectivity index (χ2v) is 7.62. The predicted molar refractivity (Wildman–Crippen MR) is 108 cm³/mol. The summed E-state index contributed by atoms with van der Waals surface area (Å²) in [6.45, 7) is 8.24. The lowest BCUT2D eigenvalue weighted by Gasteiger charge is -2.28. The lowest BCUT2D eigenvalue weighted by Crippen LogP contribution is -2.29. The number of benzene rings is 1. The van der Waals surface area contributed by atoms with Gasteiger partial charge in [-0.25, -0.2) is 9.48 Å². The minimum absolute atomic E-state index is 0.325. The van der Waals surface area contributed by atoms with Crippen LogP contribution in [-0.4, -0.2) is 33.1 Å². The van der Waals surface area contributed by atoms with Gasteiger partial charge in [0, 0.05) is 11.4 Å². The molecule has 0 fully saturated rings. The van der Waals surface area contributed by atoms with Crippen molar-refractivity contribution in [1.29, 1.82) is 0 Å². The van der Waals surface area contributed by atoms with Gasteiger partial charge in [-0.1, -0.05) is 54.9 Å². The summed E-state index contributed by atoms with van der Waals surface area (Å²) in [7, 11) is 0. The monoisotopic (exact) mass is 386 g/mol. The number of aromatic nitrogens is 3. The molecule has 6 nitrogen and oxygen atoms in total. The molecule has 7 heteroatoms. The molecule has 2 aromatic rings. The van der Waals surface area contributed by atoms with Gasteiger partial charge in [0.25, 0.3) is 0 Å². The first-order chi connectivity index (χ1) is 13.0. The van der Waals surface area contributed by atoms with E-state index in [0.717, 1.165) is 35.0 Å². The van der Waals surface area contributed by atoms with E-state index in [2.05, 4.69) is 17.2 Å². The van der Waals surface area contributed by atoms with Gasteiger partial charge in [-0.15, -0.1) is 5.10 Å². The molecule has 1 N–H and O–H groups in total. The molecule has 0 aliphatic carbocycles. The Bertz CT molecular complexity index is 842. The van der Waals surface area contributed by atoms with E-state index in [1.807, 2.05) is 45.0 Å². The number of ether oxygens (including phenoxy) is 1. The minimum atomic E-state index is -0.353. The van der Waals surface area contributed by atoms with E-state index in [4.69, 9.17) is 9.84 Å². The molecule has 2 heterocycles. The maximum atomic E-state index is 12.7. The molecule has 0 bridgehead atoms. The van der Waals surface area contributed by atoms with Crippen molar-refractivity contribution in [2.24, 2.45) is 0 Å². The number of unbranched alkanes of at least 4 members (excludes halogenated alkanes) is 1. The molecule has 0 amide bonds. The fraction of sp³-hybridized carbons (Fsp3) is 0.450. The highest BCUT2D eigenvalue weighted by atomic mass is 32.2. The molecule has 27 heavy (non-hydrogen) atoms. The SMILES string of the molecule is CCCCSc1nc2n(n1)[C@H](c1ccc(C)cc1)C(C(=O)OCC)=C(C)N2. The zero-order valence-corrected chi connectivity index (χ0v) is 17.1. The number of esters is 1. The summed E-state index contributed by atoms with van der Waals surface area (Å²) in [6, 6.07) is 7.81. The number of nitrogens with zero attached hydrogens (tertiary/aromatic N) is 3. The molecule has 1 aliphatic rings. The summed E-state index contributed by atoms with van der Waals surface area (Å²) >= 11 is 1.64. The van der Waals surface area contributed by atoms with Crippen molar-refractivity contribution in [2.45, 2.75) is 51.7 Å². The number of carbonyl (C=O) groups excluding carboxylic acids is 1. The standard InChI is InChI=1S/C20H26N4O2S/c1-5-7-12-27-20-22-19-21-14(4)16(18(25)26-6-2)17(24(19)23-20)15-10-8-13(3)9-11-15/h8-11,17H,5-7,12H2,1-4H3,(H,21,22,23)/t17-/m1/s1. The molecule has 0 radical (unpaired) electrons. The Hall–Kier alpha value is -2.28. The lowest BCUT2D eigenvalue weighted by molar-refractivity contribution is -0.139. The Kier molecular flexibility index (Phi) is 6.21. The van der Waals surface area contributed by atoms with Gasteiger partial charge in [0.15, 0.2) is 0 Å². The molecule has 1 aromatic heterocycles. The first kappa shape index (κ1) is 19.5. The lowest BCUT2D eigenvalue weighted by atomic mass is 9.95. The highest BCUT2D eigenvalue weighted by Gasteiger charge is 2.35. The zero-order valence-electron chi connectivity index (χ0n) is 16.3. The van der Waals surface area contributed by atoms with Crippen molar-refractivity contribution in [1.82, 2.24) is 14.8 Å². The molecule has 0 saturated carbocycles. The van der Waals surface area contributed by atoms with Gasteiger partial charge in [0.2, 0.25) is 11.1 Å². The van der Waals surface area contributed by atoms with Gasteiger partial charge in [0.1, 0.15) is 6.04 Å². The molecule has 0 spiro atoms. The van der Waals surface area contributed by atoms with E-state index in [-0.39, 0.29) is 12.0 Å². The number of rotatable bonds is 7. The van der Waals surface area contributed by atoms with E-state index in [1.54, 1.807) is 16.4 Å². The molecule has 3 rings (SSSR count). The first-order valence-electron chi connectivity index (χ1n) is 9.36. The normalized spacial score (nSPS) is 16.1. The van der Waals surface area contributed by atoms with Crippen LogP contribution in [-0.2, 0) is 9.53 Å². The third-order valence-electron chi connectivity index (χ3n) is 4.45. The topological polar surface area (TPSA) is 69.0 Å². The van der Waals surface area contributed by atoms with Crippen LogP contribution in [0, 0.1) is 6.92 Å². The van der Waals surface area contributed by atoms with Crippen LogP contribution in [0.15, 0.2) is 40.7 Å². The number of hydrogen-bond donors (Lipinski definition) is 1. The van der Waals surface area contributed by atoms with Crippen LogP contribution in [0.3, 0.4) is 0 Å². The minimum Gasteiger partial charge on any atom is -0.463 e. The van der Waals surface area contributed by atoms with Crippen LogP contribution >= 0.6 is 11.8 Å². The number of thioether (sulfide) groups is 1. The Morgan fingerprint density at radius 2 is 2.00 bits per heavy atom. The van der Waals surface area contributed by atoms with Crippen LogP contribution in [0.25, 0.3) is 0 Å². The van der Waals surface area contributed by atoms with Crippen molar-refractivity contribution in [3.8, 4) is 0 Å². The maximum absolute atomic E-state index is 12.7. The largest absolute Gasteiger partial charge is 0.463 e. The third-order valence-corrected chi connectivity index (χ3v) is 5.37. The van der Waals surface area contributed by atoms with Crippen molar-refractivity contribution >= 4 is 23.7 Å². The third kappa shape index (κ3) is 4.18. The molecular weight excluding hydrogens is 360 g/mol. The number of nitrogens with one attached hydrogen (secondary N) is 1. The first-order valence-corrected chi connectivity index (χ1v) is 10.3. The molecular formula is C20H26N4O2S. The molecule has 1 atom stereocenters. The molecule has 1 aromatic carbocycles. The van der Waals surface area contributed by atoms with Crippen molar-refractivity contribution in [3.63, 3.8) is 0 Å². The summed E-state index contributed by atoms with van der Waals surface area (Å²) in [5, 5.41) is 8.64. The fourth-order valence-corrected chi connectivity index (χ4v) is 3.94. The highest BCUT2D eigenvalue weighted by molar-refractivity contribution is 7.99. The van der Waals surface area contributed by atoms with Gasteiger partial charge >= 0.3 is 5.97 Å². The summed E-state index contributed by atoms with van der Waals surface area (Å²) in [5.74, 6) is 1.31. The van der Waals surface area contributed by atoms with E-state index in [9.17, 15) is 4.79 Å². The summed E-state index contributed by atoms with van der Waals surface area (Å²) < 4.78 is 7.13. The van der Waals surface area contributed by atoms with Crippen molar-refractivity contribution < 1.29 is 9.53 Å². The van der Waals surface area contributed by atoms with Gasteiger partial charge in [0.05, 0.1) is 12.2 Å². The summed E-state index contributed by atoms with van der Waals surface area (Å²) in [5.41, 5.74) is 3.48. The average molecular weight is 387 g/mol. The quantitative estimate of drug-likeness (QED) is 0.434. The van der Waals surface area contributed by atoms with E-state index >= 15 is 0 Å². The Balaban J connectivity index is 2.03. The summed E-state index contributed by atoms with van der Waals surface area (Å²) in [6.07, 6.45) is 2.26. The molecule has 144 valence electrons. The van der Waals surface area contributed by atoms with Crippen LogP contribution in [0.1, 0.15) is 50.8 Å². The Morgan fingerprint density at radius 1 is 1.26 bits per heavy atom. The number of hydrogen-bond acceptors (Lipinski definition) is 6. The molecule has 0 saturated heterocycles. The highest BCUT2D eigenvalue weighted by Crippen LogP contribution is 2.36. The predicted octanol–water partition coefficient (Wildman–Crippen LogP) is 4.33. The number of fused-ring (bicyclic) bond motifs is 1. The molecule has 1 aliphatic heterocycles. The van der Waals surface area contributed by atoms with Gasteiger partial charge < -0.3 is 10.1 Å². The number of aryl methyl sites for hydroxylation is 1. The van der Waals surface area contributed by atoms with Crippen LogP contribution in [0.5, 0.6) is 0 Å². The number of carbonyl (C=O) groups is 1. The van der Waals surface area contributed by atoms with E-state index in [1.165, 1.54) is 5.56 Å². The Labute approximate surface area is 164 Å². The summed E-state index contributed by atoms with van der Waals surface area (Å²) in [4.78, 5) is 17.3. The van der Waals surface area contributed by atoms with Crippen LogP contribution in [0.4, 0.5) is 5.95 Å². The average Bonchev–Trinajstić information content (AvgIpc) is 3.04. The second kappa shape index (κ2) is 8.61. The molecule has 0 unspecified atom stereocenters. The number of anilines is 1. The maximum Gasteiger partial charge on any atom is 0.338 e. The van der Waals surface area contributed by atoms with E-state index in [0.29, 0.717) is 18.1 Å². The van der Waals surface area contributed by atoms with Crippen LogP contribution in [0.2, 0.25) is 0 Å². The number of allylic oxidation sites excluding steroid dienone is 1. The van der Waals surface area contributed by atoms with Crippen molar-refractivity contribution in [2.75, 3.05) is 17.7 Å². The van der Waals surface area contributed by atoms with Crippen molar-refractivity contribution in [3.05, 3.63) is 46.7 Å². The smallest absolute Gasteiger partial charge is 0.338 e. The Morgan fingerprint density at radius 3 is 2.67 bits per heavy atom. The second-order valence-electron chi connectivity index (χ2n) is 6.56. The van der Waals surface area contributed by atoms with Gasteiger partial charge in [-0.05, 0) is 32.8 Å². The van der Waals surface area contributed by atoms with Crippen LogP contribution < -0.4 is 5.32 Å². The van der Waals surface area contributed by atoms with Gasteiger partial charge in [-0.2, -0.15) is 4.98 Å². The van der Waals surface area contributed by atoms with E-state index < -0.39 is 0 Å². The zero-order chi connectivity index (χ0) is 19.4.